The summed E-state index contributed by atoms with van der Waals surface area (Å²) < 4.78 is 6.47. The maximum Gasteiger partial charge on any atom is 0.105 e. The molecule has 2 rings (SSSR count). The summed E-state index contributed by atoms with van der Waals surface area (Å²) in [6, 6.07) is 6.46. The van der Waals surface area contributed by atoms with Gasteiger partial charge in [0.05, 0.1) is 16.1 Å². The predicted octanol–water partition coefficient (Wildman–Crippen LogP) is 3.54. The van der Waals surface area contributed by atoms with Gasteiger partial charge in [-0.1, -0.05) is 0 Å². The Morgan fingerprint density at radius 1 is 1.44 bits per heavy atom. The Hall–Kier alpha value is -0.620. The second kappa shape index (κ2) is 6.02. The average molecular weight is 329 g/mol. The minimum Gasteiger partial charge on any atom is -0.469 e. The van der Waals surface area contributed by atoms with Crippen LogP contribution in [0.5, 0.6) is 0 Å². The molecule has 0 amide bonds. The number of thiophene rings is 1. The molecule has 1 atom stereocenters. The van der Waals surface area contributed by atoms with E-state index in [9.17, 15) is 0 Å². The molecule has 0 aromatic carbocycles. The van der Waals surface area contributed by atoms with Crippen molar-refractivity contribution in [3.63, 3.8) is 0 Å². The fraction of sp³-hybridized carbons (Fsp3) is 0.385. The molecule has 0 saturated carbocycles. The summed E-state index contributed by atoms with van der Waals surface area (Å²) in [7, 11) is 2.09. The molecule has 0 radical (unpaired) electrons. The lowest BCUT2D eigenvalue weighted by molar-refractivity contribution is 0.243. The highest BCUT2D eigenvalue weighted by molar-refractivity contribution is 9.11. The van der Waals surface area contributed by atoms with Crippen molar-refractivity contribution in [2.75, 3.05) is 13.6 Å². The molecule has 0 bridgehead atoms. The van der Waals surface area contributed by atoms with Crippen LogP contribution in [0.25, 0.3) is 0 Å². The normalized spacial score (nSPS) is 13.2. The van der Waals surface area contributed by atoms with Crippen molar-refractivity contribution in [3.05, 3.63) is 44.4 Å². The molecule has 5 heteroatoms. The zero-order valence-electron chi connectivity index (χ0n) is 10.5. The third-order valence-corrected chi connectivity index (χ3v) is 4.79. The van der Waals surface area contributed by atoms with Crippen molar-refractivity contribution < 1.29 is 4.42 Å². The first kappa shape index (κ1) is 13.8. The fourth-order valence-corrected chi connectivity index (χ4v) is 3.58. The first-order valence-corrected chi connectivity index (χ1v) is 7.41. The van der Waals surface area contributed by atoms with Crippen LogP contribution < -0.4 is 5.73 Å². The van der Waals surface area contributed by atoms with Crippen molar-refractivity contribution in [1.82, 2.24) is 4.90 Å². The van der Waals surface area contributed by atoms with Crippen LogP contribution in [0.3, 0.4) is 0 Å². The smallest absolute Gasteiger partial charge is 0.105 e. The van der Waals surface area contributed by atoms with Crippen LogP contribution in [0.4, 0.5) is 0 Å². The monoisotopic (exact) mass is 328 g/mol. The van der Waals surface area contributed by atoms with Crippen LogP contribution in [0, 0.1) is 6.92 Å². The van der Waals surface area contributed by atoms with E-state index in [0.29, 0.717) is 6.54 Å². The molecule has 1 unspecified atom stereocenters. The minimum absolute atomic E-state index is 0.246. The standard InChI is InChI=1S/C13H17BrN2OS/c1-9-10(5-6-17-9)8-16(2)11(7-15)12-3-4-13(14)18-12/h3-6,11H,7-8,15H2,1-2H3. The number of hydrogen-bond acceptors (Lipinski definition) is 4. The van der Waals surface area contributed by atoms with Gasteiger partial charge in [0.2, 0.25) is 0 Å². The van der Waals surface area contributed by atoms with Crippen LogP contribution in [-0.4, -0.2) is 18.5 Å². The van der Waals surface area contributed by atoms with Gasteiger partial charge >= 0.3 is 0 Å². The van der Waals surface area contributed by atoms with E-state index in [-0.39, 0.29) is 6.04 Å². The van der Waals surface area contributed by atoms with Crippen molar-refractivity contribution in [3.8, 4) is 0 Å². The van der Waals surface area contributed by atoms with Crippen molar-refractivity contribution in [2.45, 2.75) is 19.5 Å². The van der Waals surface area contributed by atoms with E-state index in [1.807, 2.05) is 13.0 Å². The van der Waals surface area contributed by atoms with Gasteiger partial charge in [0.25, 0.3) is 0 Å². The maximum absolute atomic E-state index is 5.91. The topological polar surface area (TPSA) is 42.4 Å². The summed E-state index contributed by atoms with van der Waals surface area (Å²) in [6.07, 6.45) is 1.73. The summed E-state index contributed by atoms with van der Waals surface area (Å²) in [6.45, 7) is 3.45. The van der Waals surface area contributed by atoms with Crippen LogP contribution >= 0.6 is 27.3 Å². The predicted molar refractivity (Wildman–Crippen MR) is 78.7 cm³/mol. The largest absolute Gasteiger partial charge is 0.469 e. The first-order valence-electron chi connectivity index (χ1n) is 5.80. The Bertz CT molecular complexity index is 509. The van der Waals surface area contributed by atoms with E-state index in [1.165, 1.54) is 10.4 Å². The van der Waals surface area contributed by atoms with Gasteiger partial charge in [-0.25, -0.2) is 0 Å². The second-order valence-corrected chi connectivity index (χ2v) is 6.81. The molecule has 0 aliphatic carbocycles. The number of rotatable bonds is 5. The molecule has 0 aliphatic heterocycles. The van der Waals surface area contributed by atoms with Gasteiger partial charge in [-0.05, 0) is 48.1 Å². The minimum atomic E-state index is 0.246. The number of likely N-dealkylation sites (N-methyl/N-ethyl adjacent to an activating group) is 1. The SMILES string of the molecule is Cc1occc1CN(C)C(CN)c1ccc(Br)s1. The van der Waals surface area contributed by atoms with Gasteiger partial charge in [-0.2, -0.15) is 0 Å². The summed E-state index contributed by atoms with van der Waals surface area (Å²) in [5, 5.41) is 0. The summed E-state index contributed by atoms with van der Waals surface area (Å²) in [5.41, 5.74) is 7.12. The van der Waals surface area contributed by atoms with Crippen LogP contribution in [0.1, 0.15) is 22.2 Å². The highest BCUT2D eigenvalue weighted by atomic mass is 79.9. The average Bonchev–Trinajstić information content (AvgIpc) is 2.91. The van der Waals surface area contributed by atoms with Gasteiger partial charge in [-0.15, -0.1) is 11.3 Å². The molecule has 0 saturated heterocycles. The van der Waals surface area contributed by atoms with E-state index in [2.05, 4.69) is 40.0 Å². The van der Waals surface area contributed by atoms with Gasteiger partial charge < -0.3 is 10.2 Å². The van der Waals surface area contributed by atoms with E-state index in [4.69, 9.17) is 10.2 Å². The summed E-state index contributed by atoms with van der Waals surface area (Å²) >= 11 is 5.23. The number of aryl methyl sites for hydroxylation is 1. The molecule has 18 heavy (non-hydrogen) atoms. The lowest BCUT2D eigenvalue weighted by Crippen LogP contribution is -2.29. The third kappa shape index (κ3) is 3.03. The molecule has 3 nitrogen and oxygen atoms in total. The number of hydrogen-bond donors (Lipinski definition) is 1. The molecule has 98 valence electrons. The quantitative estimate of drug-likeness (QED) is 0.912. The highest BCUT2D eigenvalue weighted by Gasteiger charge is 2.18. The van der Waals surface area contributed by atoms with Gasteiger partial charge in [0, 0.05) is 23.5 Å². The van der Waals surface area contributed by atoms with Gasteiger partial charge in [0.15, 0.2) is 0 Å². The maximum atomic E-state index is 5.91. The molecule has 2 aromatic rings. The molecule has 2 N–H and O–H groups in total. The number of furan rings is 1. The fourth-order valence-electron chi connectivity index (χ4n) is 1.97. The lowest BCUT2D eigenvalue weighted by Gasteiger charge is -2.25. The van der Waals surface area contributed by atoms with Crippen LogP contribution in [-0.2, 0) is 6.54 Å². The van der Waals surface area contributed by atoms with E-state index >= 15 is 0 Å². The third-order valence-electron chi connectivity index (χ3n) is 3.06. The number of nitrogens with zero attached hydrogens (tertiary/aromatic N) is 1. The zero-order chi connectivity index (χ0) is 13.1. The number of nitrogens with two attached hydrogens (primary N) is 1. The van der Waals surface area contributed by atoms with E-state index in [0.717, 1.165) is 16.1 Å². The van der Waals surface area contributed by atoms with Gasteiger partial charge in [-0.3, -0.25) is 4.90 Å². The van der Waals surface area contributed by atoms with Crippen LogP contribution in [0.15, 0.2) is 32.7 Å². The van der Waals surface area contributed by atoms with E-state index < -0.39 is 0 Å². The Balaban J connectivity index is 2.11. The molecule has 0 fully saturated rings. The first-order chi connectivity index (χ1) is 8.61. The second-order valence-electron chi connectivity index (χ2n) is 4.31. The highest BCUT2D eigenvalue weighted by Crippen LogP contribution is 2.30. The molecule has 0 aliphatic rings. The van der Waals surface area contributed by atoms with Crippen molar-refractivity contribution in [2.24, 2.45) is 5.73 Å². The lowest BCUT2D eigenvalue weighted by atomic mass is 10.2. The summed E-state index contributed by atoms with van der Waals surface area (Å²) in [5.74, 6) is 0.977. The van der Waals surface area contributed by atoms with Crippen molar-refractivity contribution >= 4 is 27.3 Å². The Kier molecular flexibility index (Phi) is 4.61. The summed E-state index contributed by atoms with van der Waals surface area (Å²) in [4.78, 5) is 3.55. The Morgan fingerprint density at radius 3 is 2.72 bits per heavy atom. The van der Waals surface area contributed by atoms with Crippen molar-refractivity contribution in [1.29, 1.82) is 0 Å². The zero-order valence-corrected chi connectivity index (χ0v) is 12.9. The Labute approximate surface area is 120 Å². The van der Waals surface area contributed by atoms with Gasteiger partial charge in [0.1, 0.15) is 5.76 Å². The number of halogens is 1. The molecular formula is C13H17BrN2OS. The molecular weight excluding hydrogens is 312 g/mol. The molecule has 0 spiro atoms. The molecule has 2 aromatic heterocycles. The van der Waals surface area contributed by atoms with Crippen LogP contribution in [0.2, 0.25) is 0 Å². The molecule has 2 heterocycles. The Morgan fingerprint density at radius 2 is 2.22 bits per heavy atom. The van der Waals surface area contributed by atoms with E-state index in [1.54, 1.807) is 17.6 Å².